The molecular weight excluding hydrogens is 340 g/mol. The van der Waals surface area contributed by atoms with Gasteiger partial charge in [0, 0.05) is 25.3 Å². The van der Waals surface area contributed by atoms with Crippen molar-refractivity contribution in [3.63, 3.8) is 0 Å². The van der Waals surface area contributed by atoms with Gasteiger partial charge in [0.2, 0.25) is 5.91 Å². The van der Waals surface area contributed by atoms with Crippen LogP contribution in [0.4, 0.5) is 5.69 Å². The van der Waals surface area contributed by atoms with Gasteiger partial charge in [0.15, 0.2) is 15.8 Å². The lowest BCUT2D eigenvalue weighted by Gasteiger charge is -2.29. The van der Waals surface area contributed by atoms with E-state index in [0.29, 0.717) is 18.9 Å². The van der Waals surface area contributed by atoms with Crippen molar-refractivity contribution in [2.24, 2.45) is 4.99 Å². The molecule has 3 rings (SSSR count). The first kappa shape index (κ1) is 17.7. The number of anilines is 1. The number of aliphatic imine (C=N–C) groups is 1. The Bertz CT molecular complexity index is 776. The molecule has 0 radical (unpaired) electrons. The molecule has 2 aliphatic rings. The van der Waals surface area contributed by atoms with Crippen molar-refractivity contribution in [3.8, 4) is 0 Å². The topological polar surface area (TPSA) is 90.9 Å². The Hall–Kier alpha value is -2.09. The van der Waals surface area contributed by atoms with Crippen LogP contribution in [0.25, 0.3) is 0 Å². The number of guanidine groups is 1. The van der Waals surface area contributed by atoms with Crippen LogP contribution in [0, 0.1) is 0 Å². The van der Waals surface area contributed by atoms with Crippen molar-refractivity contribution in [2.45, 2.75) is 25.3 Å². The minimum Gasteiger partial charge on any atom is -0.353 e. The molecule has 7 nitrogen and oxygen atoms in total. The zero-order valence-corrected chi connectivity index (χ0v) is 15.2. The van der Waals surface area contributed by atoms with Crippen LogP contribution >= 0.6 is 0 Å². The number of hydrogen-bond acceptors (Lipinski definition) is 4. The number of fused-ring (bicyclic) bond motifs is 1. The molecular formula is C17H24N4O3S. The summed E-state index contributed by atoms with van der Waals surface area (Å²) < 4.78 is 23.1. The van der Waals surface area contributed by atoms with Crippen molar-refractivity contribution in [1.82, 2.24) is 10.6 Å². The van der Waals surface area contributed by atoms with Crippen LogP contribution in [0.2, 0.25) is 0 Å². The van der Waals surface area contributed by atoms with Gasteiger partial charge in [0.1, 0.15) is 0 Å². The highest BCUT2D eigenvalue weighted by atomic mass is 32.2. The predicted molar refractivity (Wildman–Crippen MR) is 98.7 cm³/mol. The van der Waals surface area contributed by atoms with Crippen molar-refractivity contribution in [1.29, 1.82) is 0 Å². The average molecular weight is 364 g/mol. The number of sulfone groups is 1. The van der Waals surface area contributed by atoms with Crippen LogP contribution in [0.1, 0.15) is 18.4 Å². The number of benzene rings is 1. The molecule has 1 unspecified atom stereocenters. The lowest BCUT2D eigenvalue weighted by molar-refractivity contribution is -0.117. The summed E-state index contributed by atoms with van der Waals surface area (Å²) in [7, 11) is -1.34. The molecule has 1 saturated heterocycles. The summed E-state index contributed by atoms with van der Waals surface area (Å²) in [5.41, 5.74) is 2.17. The quantitative estimate of drug-likeness (QED) is 0.595. The van der Waals surface area contributed by atoms with Crippen molar-refractivity contribution in [2.75, 3.05) is 36.5 Å². The average Bonchev–Trinajstić information content (AvgIpc) is 2.96. The van der Waals surface area contributed by atoms with Crippen LogP contribution in [0.15, 0.2) is 29.3 Å². The van der Waals surface area contributed by atoms with E-state index in [1.807, 2.05) is 18.2 Å². The number of aryl methyl sites for hydroxylation is 1. The van der Waals surface area contributed by atoms with E-state index in [0.717, 1.165) is 18.5 Å². The molecule has 0 bridgehead atoms. The molecule has 1 aromatic carbocycles. The number of amides is 1. The van der Waals surface area contributed by atoms with Crippen LogP contribution in [-0.2, 0) is 21.1 Å². The SMILES string of the molecule is CN=C(NCC(=O)N1CCCc2ccccc21)NC1CCS(=O)(=O)C1. The van der Waals surface area contributed by atoms with Crippen molar-refractivity contribution < 1.29 is 13.2 Å². The first-order valence-electron chi connectivity index (χ1n) is 8.54. The molecule has 1 amide bonds. The first-order chi connectivity index (χ1) is 12.0. The molecule has 136 valence electrons. The zero-order chi connectivity index (χ0) is 17.9. The van der Waals surface area contributed by atoms with Gasteiger partial charge in [-0.25, -0.2) is 8.42 Å². The molecule has 2 aliphatic heterocycles. The van der Waals surface area contributed by atoms with E-state index in [4.69, 9.17) is 0 Å². The second-order valence-corrected chi connectivity index (χ2v) is 8.68. The Morgan fingerprint density at radius 2 is 2.16 bits per heavy atom. The van der Waals surface area contributed by atoms with E-state index in [2.05, 4.69) is 21.7 Å². The fraction of sp³-hybridized carbons (Fsp3) is 0.529. The lowest BCUT2D eigenvalue weighted by atomic mass is 10.0. The normalized spacial score (nSPS) is 22.4. The van der Waals surface area contributed by atoms with Gasteiger partial charge in [-0.05, 0) is 30.9 Å². The Balaban J connectivity index is 1.57. The van der Waals surface area contributed by atoms with Crippen LogP contribution in [0.3, 0.4) is 0 Å². The maximum absolute atomic E-state index is 12.6. The van der Waals surface area contributed by atoms with Gasteiger partial charge in [-0.15, -0.1) is 0 Å². The van der Waals surface area contributed by atoms with Gasteiger partial charge >= 0.3 is 0 Å². The minimum atomic E-state index is -2.95. The third-order valence-corrected chi connectivity index (χ3v) is 6.38. The van der Waals surface area contributed by atoms with E-state index in [1.54, 1.807) is 11.9 Å². The van der Waals surface area contributed by atoms with E-state index in [9.17, 15) is 13.2 Å². The van der Waals surface area contributed by atoms with Gasteiger partial charge in [-0.3, -0.25) is 9.79 Å². The fourth-order valence-electron chi connectivity index (χ4n) is 3.34. The zero-order valence-electron chi connectivity index (χ0n) is 14.4. The molecule has 2 heterocycles. The molecule has 0 saturated carbocycles. The van der Waals surface area contributed by atoms with Crippen molar-refractivity contribution >= 4 is 27.4 Å². The van der Waals surface area contributed by atoms with Gasteiger partial charge in [0.05, 0.1) is 18.1 Å². The van der Waals surface area contributed by atoms with E-state index in [-0.39, 0.29) is 30.0 Å². The summed E-state index contributed by atoms with van der Waals surface area (Å²) in [6.45, 7) is 0.831. The van der Waals surface area contributed by atoms with Gasteiger partial charge in [-0.2, -0.15) is 0 Å². The van der Waals surface area contributed by atoms with Crippen molar-refractivity contribution in [3.05, 3.63) is 29.8 Å². The summed E-state index contributed by atoms with van der Waals surface area (Å²) in [6.07, 6.45) is 2.51. The molecule has 25 heavy (non-hydrogen) atoms. The standard InChI is InChI=1S/C17H24N4O3S/c1-18-17(20-14-8-10-25(23,24)12-14)19-11-16(22)21-9-4-6-13-5-2-3-7-15(13)21/h2-3,5,7,14H,4,6,8-12H2,1H3,(H2,18,19,20). The Kier molecular flexibility index (Phi) is 5.27. The molecule has 2 N–H and O–H groups in total. The molecule has 1 aromatic rings. The number of nitrogens with one attached hydrogen (secondary N) is 2. The molecule has 0 spiro atoms. The second kappa shape index (κ2) is 7.43. The highest BCUT2D eigenvalue weighted by Crippen LogP contribution is 2.26. The summed E-state index contributed by atoms with van der Waals surface area (Å²) in [5.74, 6) is 0.752. The molecule has 1 atom stereocenters. The van der Waals surface area contributed by atoms with Crippen LogP contribution < -0.4 is 15.5 Å². The Morgan fingerprint density at radius 1 is 1.36 bits per heavy atom. The molecule has 0 aliphatic carbocycles. The number of carbonyl (C=O) groups excluding carboxylic acids is 1. The number of hydrogen-bond donors (Lipinski definition) is 2. The molecule has 0 aromatic heterocycles. The third-order valence-electron chi connectivity index (χ3n) is 4.62. The summed E-state index contributed by atoms with van der Waals surface area (Å²) in [4.78, 5) is 18.5. The predicted octanol–water partition coefficient (Wildman–Crippen LogP) is 0.318. The number of rotatable bonds is 3. The van der Waals surface area contributed by atoms with Gasteiger partial charge < -0.3 is 15.5 Å². The summed E-state index contributed by atoms with van der Waals surface area (Å²) in [6, 6.07) is 7.82. The van der Waals surface area contributed by atoms with Crippen LogP contribution in [0.5, 0.6) is 0 Å². The van der Waals surface area contributed by atoms with Gasteiger partial charge in [0.25, 0.3) is 0 Å². The summed E-state index contributed by atoms with van der Waals surface area (Å²) >= 11 is 0. The number of nitrogens with zero attached hydrogens (tertiary/aromatic N) is 2. The molecule has 8 heteroatoms. The monoisotopic (exact) mass is 364 g/mol. The highest BCUT2D eigenvalue weighted by Gasteiger charge is 2.28. The van der Waals surface area contributed by atoms with E-state index >= 15 is 0 Å². The smallest absolute Gasteiger partial charge is 0.246 e. The van der Waals surface area contributed by atoms with Crippen LogP contribution in [-0.4, -0.2) is 58.0 Å². The maximum Gasteiger partial charge on any atom is 0.246 e. The Labute approximate surface area is 148 Å². The van der Waals surface area contributed by atoms with Gasteiger partial charge in [-0.1, -0.05) is 18.2 Å². The highest BCUT2D eigenvalue weighted by molar-refractivity contribution is 7.91. The summed E-state index contributed by atoms with van der Waals surface area (Å²) in [5, 5.41) is 6.09. The van der Waals surface area contributed by atoms with E-state index < -0.39 is 9.84 Å². The maximum atomic E-state index is 12.6. The largest absolute Gasteiger partial charge is 0.353 e. The van der Waals surface area contributed by atoms with E-state index in [1.165, 1.54) is 5.56 Å². The minimum absolute atomic E-state index is 0.0193. The first-order valence-corrected chi connectivity index (χ1v) is 10.4. The fourth-order valence-corrected chi connectivity index (χ4v) is 5.02. The number of para-hydroxylation sites is 1. The molecule has 1 fully saturated rings. The number of carbonyl (C=O) groups is 1. The second-order valence-electron chi connectivity index (χ2n) is 6.45. The lowest BCUT2D eigenvalue weighted by Crippen LogP contribution is -2.48. The third kappa shape index (κ3) is 4.31. The Morgan fingerprint density at radius 3 is 2.88 bits per heavy atom.